The summed E-state index contributed by atoms with van der Waals surface area (Å²) in [6.07, 6.45) is -0.997. The number of methoxy groups -OCH3 is 1. The molecule has 0 saturated carbocycles. The van der Waals surface area contributed by atoms with Crippen molar-refractivity contribution in [3.63, 3.8) is 0 Å². The van der Waals surface area contributed by atoms with E-state index in [1.165, 1.54) is 19.2 Å². The Labute approximate surface area is 99.4 Å². The van der Waals surface area contributed by atoms with Crippen molar-refractivity contribution in [2.24, 2.45) is 0 Å². The number of halogens is 1. The highest BCUT2D eigenvalue weighted by Crippen LogP contribution is 2.15. The van der Waals surface area contributed by atoms with E-state index in [0.29, 0.717) is 0 Å². The second-order valence-electron chi connectivity index (χ2n) is 3.69. The van der Waals surface area contributed by atoms with Gasteiger partial charge in [0.2, 0.25) is 0 Å². The first kappa shape index (κ1) is 13.6. The fourth-order valence-electron chi connectivity index (χ4n) is 1.40. The number of aliphatic hydroxyl groups is 1. The van der Waals surface area contributed by atoms with Crippen molar-refractivity contribution >= 4 is 5.97 Å². The number of carbonyl (C=O) groups excluding carboxylic acids is 1. The van der Waals surface area contributed by atoms with Crippen LogP contribution in [-0.4, -0.2) is 30.8 Å². The largest absolute Gasteiger partial charge is 0.468 e. The molecule has 2 unspecified atom stereocenters. The molecule has 1 rings (SSSR count). The van der Waals surface area contributed by atoms with Gasteiger partial charge in [0.1, 0.15) is 11.9 Å². The summed E-state index contributed by atoms with van der Waals surface area (Å²) in [5, 5.41) is 12.5. The predicted molar refractivity (Wildman–Crippen MR) is 60.8 cm³/mol. The first-order valence-electron chi connectivity index (χ1n) is 5.30. The average molecular weight is 241 g/mol. The molecule has 0 saturated heterocycles. The Bertz CT molecular complexity index is 384. The number of aliphatic hydroxyl groups excluding tert-OH is 1. The van der Waals surface area contributed by atoms with E-state index >= 15 is 0 Å². The van der Waals surface area contributed by atoms with E-state index in [-0.39, 0.29) is 12.1 Å². The van der Waals surface area contributed by atoms with E-state index in [2.05, 4.69) is 10.1 Å². The smallest absolute Gasteiger partial charge is 0.322 e. The Morgan fingerprint density at radius 2 is 2.18 bits per heavy atom. The summed E-state index contributed by atoms with van der Waals surface area (Å²) in [5.74, 6) is -0.891. The molecule has 2 atom stereocenters. The Morgan fingerprint density at radius 3 is 2.76 bits per heavy atom. The summed E-state index contributed by atoms with van der Waals surface area (Å²) in [6, 6.07) is 5.44. The van der Waals surface area contributed by atoms with Gasteiger partial charge in [0, 0.05) is 12.1 Å². The molecule has 4 nitrogen and oxygen atoms in total. The number of carbonyl (C=O) groups is 1. The van der Waals surface area contributed by atoms with Crippen molar-refractivity contribution in [2.45, 2.75) is 19.1 Å². The lowest BCUT2D eigenvalue weighted by Gasteiger charge is -2.16. The maximum atomic E-state index is 13.3. The highest BCUT2D eigenvalue weighted by Gasteiger charge is 2.16. The fourth-order valence-corrected chi connectivity index (χ4v) is 1.40. The topological polar surface area (TPSA) is 58.6 Å². The summed E-state index contributed by atoms with van der Waals surface area (Å²) < 4.78 is 17.8. The van der Waals surface area contributed by atoms with Gasteiger partial charge in [0.05, 0.1) is 13.2 Å². The van der Waals surface area contributed by atoms with Crippen LogP contribution in [0.4, 0.5) is 4.39 Å². The Morgan fingerprint density at radius 1 is 1.53 bits per heavy atom. The van der Waals surface area contributed by atoms with Crippen molar-refractivity contribution < 1.29 is 19.0 Å². The highest BCUT2D eigenvalue weighted by atomic mass is 19.1. The van der Waals surface area contributed by atoms with E-state index in [4.69, 9.17) is 0 Å². The van der Waals surface area contributed by atoms with Gasteiger partial charge in [0.25, 0.3) is 0 Å². The van der Waals surface area contributed by atoms with Crippen molar-refractivity contribution in [2.75, 3.05) is 13.7 Å². The van der Waals surface area contributed by atoms with Crippen LogP contribution >= 0.6 is 0 Å². The molecule has 1 aromatic rings. The maximum Gasteiger partial charge on any atom is 0.322 e. The van der Waals surface area contributed by atoms with Gasteiger partial charge in [-0.05, 0) is 13.0 Å². The molecule has 0 aliphatic rings. The second kappa shape index (κ2) is 6.32. The van der Waals surface area contributed by atoms with E-state index < -0.39 is 23.9 Å². The van der Waals surface area contributed by atoms with Gasteiger partial charge in [-0.2, -0.15) is 0 Å². The normalized spacial score (nSPS) is 14.1. The molecule has 17 heavy (non-hydrogen) atoms. The van der Waals surface area contributed by atoms with Crippen LogP contribution in [0, 0.1) is 5.82 Å². The summed E-state index contributed by atoms with van der Waals surface area (Å²) in [4.78, 5) is 11.1. The van der Waals surface area contributed by atoms with Gasteiger partial charge in [-0.1, -0.05) is 18.2 Å². The van der Waals surface area contributed by atoms with Crippen LogP contribution < -0.4 is 5.32 Å². The minimum atomic E-state index is -0.997. The third-order valence-electron chi connectivity index (χ3n) is 2.44. The van der Waals surface area contributed by atoms with E-state index in [1.807, 2.05) is 0 Å². The van der Waals surface area contributed by atoms with Gasteiger partial charge in [-0.25, -0.2) is 4.39 Å². The van der Waals surface area contributed by atoms with Crippen LogP contribution in [0.2, 0.25) is 0 Å². The van der Waals surface area contributed by atoms with Crippen LogP contribution in [0.3, 0.4) is 0 Å². The summed E-state index contributed by atoms with van der Waals surface area (Å²) in [5.41, 5.74) is 0.206. The molecule has 5 heteroatoms. The lowest BCUT2D eigenvalue weighted by atomic mass is 10.1. The van der Waals surface area contributed by atoms with Crippen molar-refractivity contribution in [3.05, 3.63) is 35.6 Å². The molecule has 0 spiro atoms. The zero-order valence-electron chi connectivity index (χ0n) is 9.81. The lowest BCUT2D eigenvalue weighted by Crippen LogP contribution is -2.37. The van der Waals surface area contributed by atoms with Gasteiger partial charge >= 0.3 is 5.97 Å². The minimum Gasteiger partial charge on any atom is -0.468 e. The number of ether oxygens (including phenoxy) is 1. The zero-order valence-corrected chi connectivity index (χ0v) is 9.81. The third kappa shape index (κ3) is 3.80. The number of benzene rings is 1. The van der Waals surface area contributed by atoms with Crippen LogP contribution in [-0.2, 0) is 9.53 Å². The Kier molecular flexibility index (Phi) is 5.06. The maximum absolute atomic E-state index is 13.3. The second-order valence-corrected chi connectivity index (χ2v) is 3.69. The standard InChI is InChI=1S/C12H16FNO3/c1-8(12(16)17-2)14-7-11(15)9-5-3-4-6-10(9)13/h3-6,8,11,14-15H,7H2,1-2H3. The number of esters is 1. The lowest BCUT2D eigenvalue weighted by molar-refractivity contribution is -0.142. The average Bonchev–Trinajstić information content (AvgIpc) is 2.35. The molecule has 0 aromatic heterocycles. The zero-order chi connectivity index (χ0) is 12.8. The third-order valence-corrected chi connectivity index (χ3v) is 2.44. The SMILES string of the molecule is COC(=O)C(C)NCC(O)c1ccccc1F. The fraction of sp³-hybridized carbons (Fsp3) is 0.417. The van der Waals surface area contributed by atoms with Gasteiger partial charge in [0.15, 0.2) is 0 Å². The van der Waals surface area contributed by atoms with Crippen LogP contribution in [0.5, 0.6) is 0 Å². The van der Waals surface area contributed by atoms with Crippen LogP contribution in [0.25, 0.3) is 0 Å². The van der Waals surface area contributed by atoms with Gasteiger partial charge in [-0.3, -0.25) is 4.79 Å². The van der Waals surface area contributed by atoms with Crippen LogP contribution in [0.15, 0.2) is 24.3 Å². The molecule has 0 amide bonds. The molecular formula is C12H16FNO3. The molecule has 94 valence electrons. The molecule has 0 bridgehead atoms. The van der Waals surface area contributed by atoms with E-state index in [9.17, 15) is 14.3 Å². The van der Waals surface area contributed by atoms with Crippen molar-refractivity contribution in [1.29, 1.82) is 0 Å². The summed E-state index contributed by atoms with van der Waals surface area (Å²) in [6.45, 7) is 1.69. The molecule has 1 aromatic carbocycles. The quantitative estimate of drug-likeness (QED) is 0.755. The summed E-state index contributed by atoms with van der Waals surface area (Å²) >= 11 is 0. The van der Waals surface area contributed by atoms with E-state index in [1.54, 1.807) is 19.1 Å². The van der Waals surface area contributed by atoms with Crippen LogP contribution in [0.1, 0.15) is 18.6 Å². The molecular weight excluding hydrogens is 225 g/mol. The number of hydrogen-bond donors (Lipinski definition) is 2. The molecule has 0 heterocycles. The molecule has 2 N–H and O–H groups in total. The Hall–Kier alpha value is -1.46. The summed E-state index contributed by atoms with van der Waals surface area (Å²) in [7, 11) is 1.29. The Balaban J connectivity index is 2.53. The number of nitrogens with one attached hydrogen (secondary N) is 1. The minimum absolute atomic E-state index is 0.0806. The van der Waals surface area contributed by atoms with Crippen molar-refractivity contribution in [3.8, 4) is 0 Å². The molecule has 0 radical (unpaired) electrons. The number of hydrogen-bond acceptors (Lipinski definition) is 4. The highest BCUT2D eigenvalue weighted by molar-refractivity contribution is 5.75. The molecule has 0 fully saturated rings. The first-order chi connectivity index (χ1) is 8.06. The molecule has 0 aliphatic carbocycles. The number of rotatable bonds is 5. The van der Waals surface area contributed by atoms with Crippen molar-refractivity contribution in [1.82, 2.24) is 5.32 Å². The van der Waals surface area contributed by atoms with Gasteiger partial charge in [-0.15, -0.1) is 0 Å². The van der Waals surface area contributed by atoms with E-state index in [0.717, 1.165) is 0 Å². The monoisotopic (exact) mass is 241 g/mol. The van der Waals surface area contributed by atoms with Gasteiger partial charge < -0.3 is 15.2 Å². The first-order valence-corrected chi connectivity index (χ1v) is 5.30. The predicted octanol–water partition coefficient (Wildman–Crippen LogP) is 1.01. The molecule has 0 aliphatic heterocycles.